The van der Waals surface area contributed by atoms with Crippen LogP contribution in [-0.4, -0.2) is 13.2 Å². The van der Waals surface area contributed by atoms with Crippen LogP contribution < -0.4 is 10.1 Å². The van der Waals surface area contributed by atoms with Gasteiger partial charge in [-0.25, -0.2) is 8.78 Å². The molecule has 0 aliphatic rings. The van der Waals surface area contributed by atoms with Gasteiger partial charge >= 0.3 is 0 Å². The monoisotopic (exact) mass is 255 g/mol. The zero-order valence-electron chi connectivity index (χ0n) is 10.6. The van der Waals surface area contributed by atoms with E-state index in [4.69, 9.17) is 4.74 Å². The minimum Gasteiger partial charge on any atom is -0.487 e. The molecule has 0 bridgehead atoms. The lowest BCUT2D eigenvalue weighted by Crippen LogP contribution is -2.14. The normalized spacial score (nSPS) is 10.4. The first kappa shape index (κ1) is 14.6. The van der Waals surface area contributed by atoms with E-state index in [-0.39, 0.29) is 12.4 Å². The van der Waals surface area contributed by atoms with E-state index in [9.17, 15) is 8.78 Å². The van der Waals surface area contributed by atoms with Gasteiger partial charge in [0.2, 0.25) is 0 Å². The summed E-state index contributed by atoms with van der Waals surface area (Å²) in [5.74, 6) is -1.63. The van der Waals surface area contributed by atoms with Gasteiger partial charge in [0.25, 0.3) is 0 Å². The number of ether oxygens (including phenoxy) is 1. The van der Waals surface area contributed by atoms with Crippen LogP contribution in [-0.2, 0) is 6.54 Å². The average Bonchev–Trinajstić information content (AvgIpc) is 2.33. The summed E-state index contributed by atoms with van der Waals surface area (Å²) < 4.78 is 32.3. The van der Waals surface area contributed by atoms with Gasteiger partial charge in [0.05, 0.1) is 6.61 Å². The third-order valence-corrected chi connectivity index (χ3v) is 2.38. The van der Waals surface area contributed by atoms with Crippen molar-refractivity contribution in [1.29, 1.82) is 0 Å². The third kappa shape index (κ3) is 4.45. The Labute approximate surface area is 107 Å². The van der Waals surface area contributed by atoms with Crippen molar-refractivity contribution in [2.75, 3.05) is 13.2 Å². The molecule has 0 saturated carbocycles. The van der Waals surface area contributed by atoms with E-state index in [1.165, 1.54) is 12.1 Å². The van der Waals surface area contributed by atoms with Gasteiger partial charge in [-0.05, 0) is 37.1 Å². The maximum Gasteiger partial charge on any atom is 0.190 e. The van der Waals surface area contributed by atoms with Crippen molar-refractivity contribution in [3.63, 3.8) is 0 Å². The number of rotatable bonds is 8. The molecule has 18 heavy (non-hydrogen) atoms. The molecule has 0 heterocycles. The molecule has 0 aliphatic carbocycles. The van der Waals surface area contributed by atoms with Gasteiger partial charge < -0.3 is 10.1 Å². The quantitative estimate of drug-likeness (QED) is 0.567. The first-order valence-corrected chi connectivity index (χ1v) is 6.11. The first-order chi connectivity index (χ1) is 8.69. The Kier molecular flexibility index (Phi) is 6.36. The highest BCUT2D eigenvalue weighted by Gasteiger charge is 2.12. The van der Waals surface area contributed by atoms with Crippen molar-refractivity contribution in [3.05, 3.63) is 42.0 Å². The lowest BCUT2D eigenvalue weighted by molar-refractivity contribution is 0.290. The number of nitrogens with one attached hydrogen (secondary N) is 1. The van der Waals surface area contributed by atoms with Crippen LogP contribution in [0.3, 0.4) is 0 Å². The van der Waals surface area contributed by atoms with Crippen LogP contribution in [0.25, 0.3) is 0 Å². The fourth-order valence-electron chi connectivity index (χ4n) is 1.51. The molecule has 0 radical (unpaired) electrons. The molecule has 2 nitrogen and oxygen atoms in total. The van der Waals surface area contributed by atoms with Gasteiger partial charge in [0.1, 0.15) is 0 Å². The molecule has 1 aromatic rings. The van der Waals surface area contributed by atoms with Crippen LogP contribution in [0.15, 0.2) is 24.8 Å². The van der Waals surface area contributed by atoms with Gasteiger partial charge in [-0.2, -0.15) is 0 Å². The highest BCUT2D eigenvalue weighted by atomic mass is 19.1. The van der Waals surface area contributed by atoms with Crippen molar-refractivity contribution in [2.24, 2.45) is 0 Å². The highest BCUT2D eigenvalue weighted by Crippen LogP contribution is 2.23. The molecule has 1 aromatic carbocycles. The van der Waals surface area contributed by atoms with Crippen LogP contribution >= 0.6 is 0 Å². The Morgan fingerprint density at radius 1 is 1.33 bits per heavy atom. The Bertz CT molecular complexity index is 370. The van der Waals surface area contributed by atoms with Gasteiger partial charge in [-0.3, -0.25) is 0 Å². The summed E-state index contributed by atoms with van der Waals surface area (Å²) in [5.41, 5.74) is 0.578. The van der Waals surface area contributed by atoms with Crippen LogP contribution in [0.5, 0.6) is 5.75 Å². The van der Waals surface area contributed by atoms with Crippen molar-refractivity contribution in [2.45, 2.75) is 26.3 Å². The minimum absolute atomic E-state index is 0.227. The zero-order chi connectivity index (χ0) is 13.4. The van der Waals surface area contributed by atoms with Gasteiger partial charge in [0, 0.05) is 6.54 Å². The largest absolute Gasteiger partial charge is 0.487 e. The van der Waals surface area contributed by atoms with Crippen LogP contribution in [0.2, 0.25) is 0 Å². The first-order valence-electron chi connectivity index (χ1n) is 6.11. The topological polar surface area (TPSA) is 21.3 Å². The molecule has 0 amide bonds. The SMILES string of the molecule is C=CCCOc1c(F)cc(CNCCC)cc1F. The fraction of sp³-hybridized carbons (Fsp3) is 0.429. The second-order valence-electron chi connectivity index (χ2n) is 3.99. The number of hydrogen-bond donors (Lipinski definition) is 1. The van der Waals surface area contributed by atoms with E-state index in [0.717, 1.165) is 13.0 Å². The van der Waals surface area contributed by atoms with E-state index in [1.807, 2.05) is 6.92 Å². The number of halogens is 2. The lowest BCUT2D eigenvalue weighted by atomic mass is 10.2. The highest BCUT2D eigenvalue weighted by molar-refractivity contribution is 5.31. The molecule has 100 valence electrons. The molecule has 4 heteroatoms. The molecule has 0 aromatic heterocycles. The lowest BCUT2D eigenvalue weighted by Gasteiger charge is -2.10. The maximum atomic E-state index is 13.6. The summed E-state index contributed by atoms with van der Waals surface area (Å²) in [6.07, 6.45) is 3.17. The maximum absolute atomic E-state index is 13.6. The Morgan fingerprint density at radius 3 is 2.56 bits per heavy atom. The van der Waals surface area contributed by atoms with Crippen LogP contribution in [0.4, 0.5) is 8.78 Å². The van der Waals surface area contributed by atoms with Crippen molar-refractivity contribution in [1.82, 2.24) is 5.32 Å². The van der Waals surface area contributed by atoms with Crippen molar-refractivity contribution >= 4 is 0 Å². The van der Waals surface area contributed by atoms with E-state index in [2.05, 4.69) is 11.9 Å². The zero-order valence-corrected chi connectivity index (χ0v) is 10.6. The standard InChI is InChI=1S/C14H19F2NO/c1-3-5-7-18-14-12(15)8-11(9-13(14)16)10-17-6-4-2/h3,8-9,17H,1,4-7,10H2,2H3. The molecule has 0 fully saturated rings. The van der Waals surface area contributed by atoms with Crippen LogP contribution in [0.1, 0.15) is 25.3 Å². The number of hydrogen-bond acceptors (Lipinski definition) is 2. The second kappa shape index (κ2) is 7.82. The molecular formula is C14H19F2NO. The van der Waals surface area contributed by atoms with Gasteiger partial charge in [0.15, 0.2) is 17.4 Å². The van der Waals surface area contributed by atoms with Crippen molar-refractivity contribution < 1.29 is 13.5 Å². The summed E-state index contributed by atoms with van der Waals surface area (Å²) in [6.45, 7) is 7.05. The van der Waals surface area contributed by atoms with E-state index < -0.39 is 11.6 Å². The van der Waals surface area contributed by atoms with E-state index in [1.54, 1.807) is 6.08 Å². The summed E-state index contributed by atoms with van der Waals surface area (Å²) in [7, 11) is 0. The molecule has 0 atom stereocenters. The predicted molar refractivity (Wildman–Crippen MR) is 68.7 cm³/mol. The minimum atomic E-state index is -0.660. The number of benzene rings is 1. The smallest absolute Gasteiger partial charge is 0.190 e. The predicted octanol–water partition coefficient (Wildman–Crippen LogP) is 3.42. The third-order valence-electron chi connectivity index (χ3n) is 2.38. The summed E-state index contributed by atoms with van der Waals surface area (Å²) in [5, 5.41) is 3.09. The molecular weight excluding hydrogens is 236 g/mol. The Balaban J connectivity index is 2.67. The molecule has 0 unspecified atom stereocenters. The molecule has 0 spiro atoms. The molecule has 0 aliphatic heterocycles. The second-order valence-corrected chi connectivity index (χ2v) is 3.99. The van der Waals surface area contributed by atoms with Crippen LogP contribution in [0, 0.1) is 11.6 Å². The van der Waals surface area contributed by atoms with Gasteiger partial charge in [-0.1, -0.05) is 13.0 Å². The average molecular weight is 255 g/mol. The van der Waals surface area contributed by atoms with E-state index >= 15 is 0 Å². The molecule has 1 N–H and O–H groups in total. The Hall–Kier alpha value is -1.42. The Morgan fingerprint density at radius 2 is 2.00 bits per heavy atom. The van der Waals surface area contributed by atoms with E-state index in [0.29, 0.717) is 18.5 Å². The van der Waals surface area contributed by atoms with Crippen molar-refractivity contribution in [3.8, 4) is 5.75 Å². The fourth-order valence-corrected chi connectivity index (χ4v) is 1.51. The summed E-state index contributed by atoms with van der Waals surface area (Å²) >= 11 is 0. The summed E-state index contributed by atoms with van der Waals surface area (Å²) in [6, 6.07) is 2.60. The molecule has 0 saturated heterocycles. The summed E-state index contributed by atoms with van der Waals surface area (Å²) in [4.78, 5) is 0. The molecule has 1 rings (SSSR count). The van der Waals surface area contributed by atoms with Gasteiger partial charge in [-0.15, -0.1) is 6.58 Å².